The molecule has 0 bridgehead atoms. The van der Waals surface area contributed by atoms with Gasteiger partial charge in [-0.2, -0.15) is 0 Å². The minimum absolute atomic E-state index is 0.206. The van der Waals surface area contributed by atoms with Crippen LogP contribution in [0.15, 0.2) is 34.1 Å². The maximum atomic E-state index is 12.4. The molecule has 1 fully saturated rings. The summed E-state index contributed by atoms with van der Waals surface area (Å²) in [4.78, 5) is 27.6. The lowest BCUT2D eigenvalue weighted by Crippen LogP contribution is -2.36. The van der Waals surface area contributed by atoms with E-state index < -0.39 is 20.9 Å². The maximum Gasteiger partial charge on any atom is 0.253 e. The number of sulfonamides is 1. The molecule has 0 amide bonds. The predicted molar refractivity (Wildman–Crippen MR) is 120 cm³/mol. The summed E-state index contributed by atoms with van der Waals surface area (Å²) in [6.45, 7) is 1.87. The summed E-state index contributed by atoms with van der Waals surface area (Å²) in [6, 6.07) is 3.52. The van der Waals surface area contributed by atoms with Crippen LogP contribution in [0.4, 0.5) is 17.1 Å². The Morgan fingerprint density at radius 1 is 0.933 bits per heavy atom. The summed E-state index contributed by atoms with van der Waals surface area (Å²) in [5.41, 5.74) is 0.201. The van der Waals surface area contributed by atoms with Gasteiger partial charge in [-0.05, 0) is 37.8 Å². The van der Waals surface area contributed by atoms with Gasteiger partial charge in [-0.15, -0.1) is 0 Å². The summed E-state index contributed by atoms with van der Waals surface area (Å²) >= 11 is 0. The fourth-order valence-electron chi connectivity index (χ4n) is 3.69. The second kappa shape index (κ2) is 10.7. The average Bonchev–Trinajstić information content (AvgIpc) is 3.05. The Labute approximate surface area is 177 Å². The Morgan fingerprint density at radius 2 is 1.63 bits per heavy atom. The molecule has 1 aromatic heterocycles. The van der Waals surface area contributed by atoms with Crippen LogP contribution in [0, 0.1) is 0 Å². The Balaban J connectivity index is 1.35. The van der Waals surface area contributed by atoms with Gasteiger partial charge < -0.3 is 10.6 Å². The van der Waals surface area contributed by atoms with E-state index in [0.717, 1.165) is 44.9 Å². The quantitative estimate of drug-likeness (QED) is 0.413. The Bertz CT molecular complexity index is 976. The molecule has 0 spiro atoms. The van der Waals surface area contributed by atoms with Crippen molar-refractivity contribution >= 4 is 27.1 Å². The van der Waals surface area contributed by atoms with Gasteiger partial charge in [0.2, 0.25) is 10.0 Å². The summed E-state index contributed by atoms with van der Waals surface area (Å²) in [6.07, 6.45) is 10.5. The zero-order valence-corrected chi connectivity index (χ0v) is 18.0. The molecule has 164 valence electrons. The van der Waals surface area contributed by atoms with Crippen molar-refractivity contribution in [3.63, 3.8) is 0 Å². The van der Waals surface area contributed by atoms with E-state index in [1.54, 1.807) is 28.8 Å². The van der Waals surface area contributed by atoms with Crippen LogP contribution in [-0.4, -0.2) is 43.1 Å². The van der Waals surface area contributed by atoms with Crippen molar-refractivity contribution < 1.29 is 8.42 Å². The molecule has 9 heteroatoms. The van der Waals surface area contributed by atoms with E-state index in [4.69, 9.17) is 0 Å². The van der Waals surface area contributed by atoms with Gasteiger partial charge in [-0.3, -0.25) is 14.6 Å². The molecule has 1 saturated heterocycles. The number of anilines is 3. The largest absolute Gasteiger partial charge is 0.380 e. The molecule has 0 saturated carbocycles. The third-order valence-electron chi connectivity index (χ3n) is 5.43. The second-order valence-electron chi connectivity index (χ2n) is 7.75. The van der Waals surface area contributed by atoms with Crippen LogP contribution in [-0.2, 0) is 10.0 Å². The SMILES string of the molecule is O=c1c(NCCCCCCS(=O)(=O)N2CCCCCC2)c(Nc2cccnc2)c1=O. The Morgan fingerprint density at radius 3 is 2.33 bits per heavy atom. The van der Waals surface area contributed by atoms with E-state index >= 15 is 0 Å². The molecule has 0 unspecified atom stereocenters. The van der Waals surface area contributed by atoms with Crippen molar-refractivity contribution in [2.45, 2.75) is 51.4 Å². The standard InChI is InChI=1S/C21H30N4O4S/c26-20-18(19(21(20)27)24-17-10-9-11-22-16-17)23-12-5-1-4-8-15-30(28,29)25-13-6-2-3-7-14-25/h9-11,16,23-24H,1-8,12-15H2. The van der Waals surface area contributed by atoms with E-state index in [2.05, 4.69) is 15.6 Å². The molecule has 1 aliphatic heterocycles. The molecule has 8 nitrogen and oxygen atoms in total. The minimum atomic E-state index is -3.14. The minimum Gasteiger partial charge on any atom is -0.380 e. The fraction of sp³-hybridized carbons (Fsp3) is 0.571. The lowest BCUT2D eigenvalue weighted by molar-refractivity contribution is 0.422. The molecule has 2 N–H and O–H groups in total. The van der Waals surface area contributed by atoms with Gasteiger partial charge in [0, 0.05) is 25.8 Å². The lowest BCUT2D eigenvalue weighted by atomic mass is 10.1. The first kappa shape index (κ1) is 22.4. The van der Waals surface area contributed by atoms with Crippen molar-refractivity contribution in [1.82, 2.24) is 9.29 Å². The van der Waals surface area contributed by atoms with Crippen LogP contribution in [0.3, 0.4) is 0 Å². The lowest BCUT2D eigenvalue weighted by Gasteiger charge is -2.19. The zero-order chi connectivity index (χ0) is 21.4. The van der Waals surface area contributed by atoms with Gasteiger partial charge in [-0.1, -0.05) is 25.7 Å². The molecule has 2 aromatic rings. The van der Waals surface area contributed by atoms with E-state index in [9.17, 15) is 18.0 Å². The van der Waals surface area contributed by atoms with E-state index in [-0.39, 0.29) is 11.4 Å². The molecular weight excluding hydrogens is 404 g/mol. The highest BCUT2D eigenvalue weighted by atomic mass is 32.2. The summed E-state index contributed by atoms with van der Waals surface area (Å²) in [5, 5.41) is 5.97. The number of aromatic nitrogens is 1. The van der Waals surface area contributed by atoms with Crippen molar-refractivity contribution in [2.75, 3.05) is 36.0 Å². The van der Waals surface area contributed by atoms with Crippen molar-refractivity contribution in [3.05, 3.63) is 45.0 Å². The van der Waals surface area contributed by atoms with Gasteiger partial charge in [0.15, 0.2) is 0 Å². The van der Waals surface area contributed by atoms with Gasteiger partial charge in [0.05, 0.1) is 17.6 Å². The van der Waals surface area contributed by atoms with Crippen molar-refractivity contribution in [1.29, 1.82) is 0 Å². The molecule has 1 aromatic carbocycles. The van der Waals surface area contributed by atoms with E-state index in [1.807, 2.05) is 0 Å². The fourth-order valence-corrected chi connectivity index (χ4v) is 5.33. The maximum absolute atomic E-state index is 12.4. The molecule has 1 aliphatic rings. The Hall–Kier alpha value is -2.26. The molecule has 2 heterocycles. The molecule has 0 aliphatic carbocycles. The smallest absolute Gasteiger partial charge is 0.253 e. The number of nitrogens with one attached hydrogen (secondary N) is 2. The molecule has 30 heavy (non-hydrogen) atoms. The van der Waals surface area contributed by atoms with Crippen molar-refractivity contribution in [3.8, 4) is 0 Å². The van der Waals surface area contributed by atoms with Crippen LogP contribution in [0.25, 0.3) is 0 Å². The zero-order valence-electron chi connectivity index (χ0n) is 17.2. The summed E-state index contributed by atoms with van der Waals surface area (Å²) < 4.78 is 26.5. The number of nitrogens with zero attached hydrogens (tertiary/aromatic N) is 2. The third-order valence-corrected chi connectivity index (χ3v) is 7.39. The first-order valence-electron chi connectivity index (χ1n) is 10.7. The monoisotopic (exact) mass is 434 g/mol. The van der Waals surface area contributed by atoms with Crippen LogP contribution in [0.5, 0.6) is 0 Å². The molecule has 0 radical (unpaired) electrons. The number of rotatable bonds is 11. The molecular formula is C21H30N4O4S. The van der Waals surface area contributed by atoms with Gasteiger partial charge in [0.1, 0.15) is 11.4 Å². The number of pyridine rings is 1. The first-order valence-corrected chi connectivity index (χ1v) is 12.3. The Kier molecular flexibility index (Phi) is 7.98. The predicted octanol–water partition coefficient (Wildman–Crippen LogP) is 2.60. The normalized spacial score (nSPS) is 15.7. The van der Waals surface area contributed by atoms with Crippen LogP contribution in [0.2, 0.25) is 0 Å². The van der Waals surface area contributed by atoms with E-state index in [0.29, 0.717) is 37.4 Å². The molecule has 0 atom stereocenters. The van der Waals surface area contributed by atoms with E-state index in [1.165, 1.54) is 0 Å². The number of hydrogen-bond donors (Lipinski definition) is 2. The first-order chi connectivity index (χ1) is 14.5. The van der Waals surface area contributed by atoms with Crippen LogP contribution >= 0.6 is 0 Å². The highest BCUT2D eigenvalue weighted by molar-refractivity contribution is 7.89. The van der Waals surface area contributed by atoms with Gasteiger partial charge >= 0.3 is 0 Å². The topological polar surface area (TPSA) is 108 Å². The average molecular weight is 435 g/mol. The highest BCUT2D eigenvalue weighted by Crippen LogP contribution is 2.20. The second-order valence-corrected chi connectivity index (χ2v) is 9.83. The highest BCUT2D eigenvalue weighted by Gasteiger charge is 2.22. The van der Waals surface area contributed by atoms with Gasteiger partial charge in [-0.25, -0.2) is 12.7 Å². The summed E-state index contributed by atoms with van der Waals surface area (Å²) in [7, 11) is -3.14. The number of hydrogen-bond acceptors (Lipinski definition) is 7. The number of unbranched alkanes of at least 4 members (excludes halogenated alkanes) is 3. The van der Waals surface area contributed by atoms with Crippen LogP contribution < -0.4 is 21.5 Å². The van der Waals surface area contributed by atoms with Gasteiger partial charge in [0.25, 0.3) is 10.9 Å². The van der Waals surface area contributed by atoms with Crippen LogP contribution in [0.1, 0.15) is 51.4 Å². The summed E-state index contributed by atoms with van der Waals surface area (Å²) in [5.74, 6) is 0.206. The van der Waals surface area contributed by atoms with Crippen molar-refractivity contribution in [2.24, 2.45) is 0 Å². The molecule has 3 rings (SSSR count). The third kappa shape index (κ3) is 5.89.